The molecule has 1 aliphatic carbocycles. The van der Waals surface area contributed by atoms with Gasteiger partial charge in [0.1, 0.15) is 5.58 Å². The maximum Gasteiger partial charge on any atom is 0.159 e. The second-order valence-electron chi connectivity index (χ2n) is 16.4. The van der Waals surface area contributed by atoms with Crippen LogP contribution in [0.25, 0.3) is 87.6 Å². The summed E-state index contributed by atoms with van der Waals surface area (Å²) in [6, 6.07) is 73.0. The highest BCUT2D eigenvalue weighted by molar-refractivity contribution is 6.21. The molecule has 0 spiro atoms. The van der Waals surface area contributed by atoms with Crippen molar-refractivity contribution in [1.29, 1.82) is 0 Å². The molecule has 0 amide bonds. The smallest absolute Gasteiger partial charge is 0.159 e. The van der Waals surface area contributed by atoms with Crippen molar-refractivity contribution in [3.63, 3.8) is 0 Å². The van der Waals surface area contributed by atoms with Crippen LogP contribution in [0.15, 0.2) is 205 Å². The Balaban J connectivity index is 1.14. The van der Waals surface area contributed by atoms with Gasteiger partial charge in [-0.05, 0) is 96.2 Å². The molecule has 0 radical (unpaired) electrons. The molecule has 0 atom stereocenters. The van der Waals surface area contributed by atoms with Gasteiger partial charge >= 0.3 is 0 Å². The average molecular weight is 754 g/mol. The molecule has 1 heterocycles. The van der Waals surface area contributed by atoms with Crippen LogP contribution >= 0.6 is 0 Å². The number of furan rings is 1. The van der Waals surface area contributed by atoms with Gasteiger partial charge in [-0.15, -0.1) is 0 Å². The molecule has 278 valence electrons. The first-order valence-electron chi connectivity index (χ1n) is 20.5. The lowest BCUT2D eigenvalue weighted by Crippen LogP contribution is -2.16. The van der Waals surface area contributed by atoms with Crippen LogP contribution in [0.5, 0.6) is 0 Å². The zero-order chi connectivity index (χ0) is 39.2. The molecule has 10 aromatic carbocycles. The third-order valence-corrected chi connectivity index (χ3v) is 12.8. The van der Waals surface area contributed by atoms with Gasteiger partial charge in [0.15, 0.2) is 5.58 Å². The Kier molecular flexibility index (Phi) is 7.31. The minimum atomic E-state index is -0.157. The normalized spacial score (nSPS) is 13.1. The molecule has 1 aromatic heterocycles. The van der Waals surface area contributed by atoms with Crippen molar-refractivity contribution in [2.24, 2.45) is 0 Å². The van der Waals surface area contributed by atoms with Crippen molar-refractivity contribution >= 4 is 71.3 Å². The van der Waals surface area contributed by atoms with E-state index >= 15 is 0 Å². The molecule has 2 heteroatoms. The summed E-state index contributed by atoms with van der Waals surface area (Å²) in [4.78, 5) is 2.45. The molecule has 0 saturated carbocycles. The fourth-order valence-corrected chi connectivity index (χ4v) is 9.96. The van der Waals surface area contributed by atoms with E-state index in [1.54, 1.807) is 0 Å². The Labute approximate surface area is 343 Å². The van der Waals surface area contributed by atoms with E-state index in [0.29, 0.717) is 0 Å². The van der Waals surface area contributed by atoms with Gasteiger partial charge in [-0.1, -0.05) is 184 Å². The predicted octanol–water partition coefficient (Wildman–Crippen LogP) is 16.2. The van der Waals surface area contributed by atoms with Gasteiger partial charge in [-0.3, -0.25) is 0 Å². The van der Waals surface area contributed by atoms with E-state index in [1.807, 2.05) is 0 Å². The Hall–Kier alpha value is -7.42. The molecular formula is C57H39NO. The van der Waals surface area contributed by atoms with Crippen LogP contribution in [-0.4, -0.2) is 0 Å². The Morgan fingerprint density at radius 1 is 0.373 bits per heavy atom. The number of rotatable bonds is 5. The number of para-hydroxylation sites is 1. The molecule has 0 fully saturated rings. The minimum Gasteiger partial charge on any atom is -0.453 e. The molecule has 0 N–H and O–H groups in total. The number of hydrogen-bond donors (Lipinski definition) is 0. The SMILES string of the molecule is CC1(C)c2ccccc2-c2ccc(N(c3cc4ccccc4c4ccccc34)c3cccc4c3oc3c(-c5ccc(-c6ccccc6)cc5)c5ccccc5cc34)cc21. The monoisotopic (exact) mass is 753 g/mol. The molecule has 59 heavy (non-hydrogen) atoms. The molecule has 0 unspecified atom stereocenters. The van der Waals surface area contributed by atoms with Crippen LogP contribution in [0.1, 0.15) is 25.0 Å². The first kappa shape index (κ1) is 33.7. The quantitative estimate of drug-likeness (QED) is 0.163. The van der Waals surface area contributed by atoms with Gasteiger partial charge in [0, 0.05) is 32.8 Å². The highest BCUT2D eigenvalue weighted by Crippen LogP contribution is 2.53. The number of hydrogen-bond acceptors (Lipinski definition) is 2. The molecule has 0 saturated heterocycles. The summed E-state index contributed by atoms with van der Waals surface area (Å²) in [5.74, 6) is 0. The fraction of sp³-hybridized carbons (Fsp3) is 0.0526. The Morgan fingerprint density at radius 3 is 1.80 bits per heavy atom. The maximum absolute atomic E-state index is 7.36. The van der Waals surface area contributed by atoms with Gasteiger partial charge in [-0.25, -0.2) is 0 Å². The maximum atomic E-state index is 7.36. The molecule has 2 nitrogen and oxygen atoms in total. The van der Waals surface area contributed by atoms with Crippen molar-refractivity contribution in [2.75, 3.05) is 4.90 Å². The fourth-order valence-electron chi connectivity index (χ4n) is 9.96. The Morgan fingerprint density at radius 2 is 0.983 bits per heavy atom. The summed E-state index contributed by atoms with van der Waals surface area (Å²) in [5.41, 5.74) is 14.8. The highest BCUT2D eigenvalue weighted by Gasteiger charge is 2.36. The number of benzene rings is 10. The van der Waals surface area contributed by atoms with Crippen LogP contribution < -0.4 is 4.90 Å². The first-order valence-corrected chi connectivity index (χ1v) is 20.5. The van der Waals surface area contributed by atoms with Crippen molar-refractivity contribution in [3.05, 3.63) is 211 Å². The van der Waals surface area contributed by atoms with E-state index in [2.05, 4.69) is 219 Å². The molecular weight excluding hydrogens is 715 g/mol. The van der Waals surface area contributed by atoms with Gasteiger partial charge in [0.05, 0.1) is 11.4 Å². The summed E-state index contributed by atoms with van der Waals surface area (Å²) < 4.78 is 7.36. The van der Waals surface area contributed by atoms with Gasteiger partial charge in [0.25, 0.3) is 0 Å². The van der Waals surface area contributed by atoms with E-state index in [4.69, 9.17) is 4.42 Å². The van der Waals surface area contributed by atoms with Crippen LogP contribution in [0.3, 0.4) is 0 Å². The lowest BCUT2D eigenvalue weighted by molar-refractivity contribution is 0.660. The number of nitrogens with zero attached hydrogens (tertiary/aromatic N) is 1. The van der Waals surface area contributed by atoms with E-state index in [1.165, 1.54) is 65.7 Å². The van der Waals surface area contributed by atoms with Crippen molar-refractivity contribution in [3.8, 4) is 33.4 Å². The molecule has 0 aliphatic heterocycles. The number of anilines is 3. The average Bonchev–Trinajstić information content (AvgIpc) is 3.77. The summed E-state index contributed by atoms with van der Waals surface area (Å²) >= 11 is 0. The standard InChI is InChI=1S/C57H39NO/c1-57(2)50-25-13-12-22-45(50)46-32-31-41(35-51(46)57)58(53-34-40-18-6-8-19-42(40)44-21-10-11-23-47(44)53)52-26-14-24-48-49-33-39-17-7-9-20-43(39)54(56(49)59-55(48)52)38-29-27-37(28-30-38)36-15-4-3-5-16-36/h3-35H,1-2H3. The van der Waals surface area contributed by atoms with Gasteiger partial charge in [-0.2, -0.15) is 0 Å². The molecule has 12 rings (SSSR count). The predicted molar refractivity (Wildman–Crippen MR) is 249 cm³/mol. The van der Waals surface area contributed by atoms with Crippen LogP contribution in [0, 0.1) is 0 Å². The largest absolute Gasteiger partial charge is 0.453 e. The van der Waals surface area contributed by atoms with Crippen LogP contribution in [-0.2, 0) is 5.41 Å². The van der Waals surface area contributed by atoms with Crippen molar-refractivity contribution in [1.82, 2.24) is 0 Å². The lowest BCUT2D eigenvalue weighted by Gasteiger charge is -2.29. The van der Waals surface area contributed by atoms with E-state index in [-0.39, 0.29) is 5.41 Å². The molecule has 0 bridgehead atoms. The second-order valence-corrected chi connectivity index (χ2v) is 16.4. The Bertz CT molecular complexity index is 3460. The second kappa shape index (κ2) is 12.8. The van der Waals surface area contributed by atoms with E-state index in [0.717, 1.165) is 50.1 Å². The van der Waals surface area contributed by atoms with Crippen LogP contribution in [0.2, 0.25) is 0 Å². The zero-order valence-corrected chi connectivity index (χ0v) is 32.9. The third-order valence-electron chi connectivity index (χ3n) is 12.8. The summed E-state index contributed by atoms with van der Waals surface area (Å²) in [6.07, 6.45) is 0. The molecule has 11 aromatic rings. The van der Waals surface area contributed by atoms with Gasteiger partial charge < -0.3 is 9.32 Å². The number of fused-ring (bicyclic) bond motifs is 10. The summed E-state index contributed by atoms with van der Waals surface area (Å²) in [5, 5.41) is 9.42. The van der Waals surface area contributed by atoms with Gasteiger partial charge in [0.2, 0.25) is 0 Å². The zero-order valence-electron chi connectivity index (χ0n) is 32.9. The minimum absolute atomic E-state index is 0.157. The summed E-state index contributed by atoms with van der Waals surface area (Å²) in [6.45, 7) is 4.71. The van der Waals surface area contributed by atoms with E-state index < -0.39 is 0 Å². The highest BCUT2D eigenvalue weighted by atomic mass is 16.3. The first-order chi connectivity index (χ1) is 29.0. The summed E-state index contributed by atoms with van der Waals surface area (Å²) in [7, 11) is 0. The topological polar surface area (TPSA) is 16.4 Å². The third kappa shape index (κ3) is 5.06. The van der Waals surface area contributed by atoms with Crippen LogP contribution in [0.4, 0.5) is 17.1 Å². The molecule has 1 aliphatic rings. The van der Waals surface area contributed by atoms with E-state index in [9.17, 15) is 0 Å². The van der Waals surface area contributed by atoms with Crippen molar-refractivity contribution in [2.45, 2.75) is 19.3 Å². The lowest BCUT2D eigenvalue weighted by atomic mass is 9.82. The van der Waals surface area contributed by atoms with Crippen molar-refractivity contribution < 1.29 is 4.42 Å².